The predicted octanol–water partition coefficient (Wildman–Crippen LogP) is 4.39. The smallest absolute Gasteiger partial charge is 0.246 e. The topological polar surface area (TPSA) is 89.0 Å². The molecule has 1 aromatic rings. The first-order valence-electron chi connectivity index (χ1n) is 10.9. The number of benzene rings is 1. The zero-order chi connectivity index (χ0) is 22.2. The molecule has 31 heavy (non-hydrogen) atoms. The Morgan fingerprint density at radius 3 is 2.19 bits per heavy atom. The minimum atomic E-state index is -0.270. The summed E-state index contributed by atoms with van der Waals surface area (Å²) in [7, 11) is 3.00. The maximum atomic E-state index is 13.0. The molecule has 0 unspecified atom stereocenters. The van der Waals surface area contributed by atoms with Crippen molar-refractivity contribution in [2.24, 2.45) is 28.3 Å². The highest BCUT2D eigenvalue weighted by atomic mass is 35.5. The van der Waals surface area contributed by atoms with Crippen molar-refractivity contribution in [3.05, 3.63) is 17.2 Å². The SMILES string of the molecule is COc1cc(NC(=O)C/C(C)=N\NC(=O)C23CC4CC(CC(C4)C2)C3)c(OC)cc1Cl. The monoisotopic (exact) mass is 447 g/mol. The van der Waals surface area contributed by atoms with Crippen LogP contribution in [-0.2, 0) is 9.59 Å². The summed E-state index contributed by atoms with van der Waals surface area (Å²) in [6.07, 6.45) is 6.86. The van der Waals surface area contributed by atoms with Gasteiger partial charge in [-0.2, -0.15) is 5.10 Å². The van der Waals surface area contributed by atoms with Crippen LogP contribution in [0, 0.1) is 23.2 Å². The average Bonchev–Trinajstić information content (AvgIpc) is 2.71. The molecule has 4 aliphatic rings. The molecular formula is C23H30ClN3O4. The van der Waals surface area contributed by atoms with Gasteiger partial charge in [-0.15, -0.1) is 0 Å². The zero-order valence-corrected chi connectivity index (χ0v) is 19.1. The number of hydrazone groups is 1. The Hall–Kier alpha value is -2.28. The van der Waals surface area contributed by atoms with Gasteiger partial charge in [-0.1, -0.05) is 11.6 Å². The molecule has 0 aliphatic heterocycles. The van der Waals surface area contributed by atoms with Gasteiger partial charge in [-0.25, -0.2) is 5.43 Å². The van der Waals surface area contributed by atoms with Gasteiger partial charge in [0.1, 0.15) is 11.5 Å². The minimum Gasteiger partial charge on any atom is -0.495 e. The van der Waals surface area contributed by atoms with E-state index < -0.39 is 0 Å². The molecule has 0 aromatic heterocycles. The lowest BCUT2D eigenvalue weighted by Crippen LogP contribution is -2.52. The molecule has 0 heterocycles. The number of carbonyl (C=O) groups is 2. The number of hydrogen-bond donors (Lipinski definition) is 2. The van der Waals surface area contributed by atoms with E-state index in [0.29, 0.717) is 45.7 Å². The Morgan fingerprint density at radius 1 is 1.06 bits per heavy atom. The lowest BCUT2D eigenvalue weighted by Gasteiger charge is -2.55. The van der Waals surface area contributed by atoms with E-state index in [0.717, 1.165) is 19.3 Å². The van der Waals surface area contributed by atoms with Crippen LogP contribution in [0.3, 0.4) is 0 Å². The van der Waals surface area contributed by atoms with E-state index in [-0.39, 0.29) is 23.7 Å². The van der Waals surface area contributed by atoms with E-state index in [1.54, 1.807) is 19.1 Å². The number of nitrogens with one attached hydrogen (secondary N) is 2. The van der Waals surface area contributed by atoms with Crippen molar-refractivity contribution in [3.8, 4) is 11.5 Å². The lowest BCUT2D eigenvalue weighted by atomic mass is 9.49. The summed E-state index contributed by atoms with van der Waals surface area (Å²) in [6.45, 7) is 1.74. The first kappa shape index (κ1) is 21.9. The third kappa shape index (κ3) is 4.52. The molecule has 4 bridgehead atoms. The molecule has 1 aromatic carbocycles. The number of ether oxygens (including phenoxy) is 2. The van der Waals surface area contributed by atoms with Crippen molar-refractivity contribution < 1.29 is 19.1 Å². The summed E-state index contributed by atoms with van der Waals surface area (Å²) in [5.74, 6) is 2.70. The number of carbonyl (C=O) groups excluding carboxylic acids is 2. The van der Waals surface area contributed by atoms with Crippen LogP contribution in [0.5, 0.6) is 11.5 Å². The van der Waals surface area contributed by atoms with Gasteiger partial charge in [-0.3, -0.25) is 9.59 Å². The second kappa shape index (κ2) is 8.69. The number of hydrogen-bond acceptors (Lipinski definition) is 5. The summed E-state index contributed by atoms with van der Waals surface area (Å²) in [5, 5.41) is 7.42. The summed E-state index contributed by atoms with van der Waals surface area (Å²) in [4.78, 5) is 25.5. The number of rotatable bonds is 7. The highest BCUT2D eigenvalue weighted by Gasteiger charge is 2.54. The highest BCUT2D eigenvalue weighted by Crippen LogP contribution is 2.60. The van der Waals surface area contributed by atoms with Crippen LogP contribution < -0.4 is 20.2 Å². The van der Waals surface area contributed by atoms with Gasteiger partial charge in [0.25, 0.3) is 0 Å². The van der Waals surface area contributed by atoms with E-state index in [1.807, 2.05) is 0 Å². The van der Waals surface area contributed by atoms with Crippen LogP contribution >= 0.6 is 11.6 Å². The molecule has 4 fully saturated rings. The quantitative estimate of drug-likeness (QED) is 0.479. The molecule has 0 spiro atoms. The number of nitrogens with zero attached hydrogens (tertiary/aromatic N) is 1. The number of methoxy groups -OCH3 is 2. The van der Waals surface area contributed by atoms with Crippen molar-refractivity contribution in [1.29, 1.82) is 0 Å². The van der Waals surface area contributed by atoms with Crippen LogP contribution in [0.15, 0.2) is 17.2 Å². The van der Waals surface area contributed by atoms with Crippen molar-refractivity contribution in [1.82, 2.24) is 5.43 Å². The summed E-state index contributed by atoms with van der Waals surface area (Å²) >= 11 is 6.11. The van der Waals surface area contributed by atoms with Crippen molar-refractivity contribution in [2.45, 2.75) is 51.9 Å². The zero-order valence-electron chi connectivity index (χ0n) is 18.3. The maximum Gasteiger partial charge on any atom is 0.246 e. The number of halogens is 1. The molecule has 5 rings (SSSR count). The van der Waals surface area contributed by atoms with E-state index in [9.17, 15) is 9.59 Å². The second-order valence-corrected chi connectivity index (χ2v) is 9.81. The molecular weight excluding hydrogens is 418 g/mol. The lowest BCUT2D eigenvalue weighted by molar-refractivity contribution is -0.146. The third-order valence-electron chi connectivity index (χ3n) is 7.03. The molecule has 0 atom stereocenters. The largest absolute Gasteiger partial charge is 0.495 e. The van der Waals surface area contributed by atoms with Gasteiger partial charge >= 0.3 is 0 Å². The Balaban J connectivity index is 1.36. The molecule has 2 N–H and O–H groups in total. The number of amides is 2. The van der Waals surface area contributed by atoms with Gasteiger partial charge in [0.2, 0.25) is 11.8 Å². The van der Waals surface area contributed by atoms with Crippen molar-refractivity contribution >= 4 is 34.8 Å². The standard InChI is InChI=1S/C23H30ClN3O4/c1-13(4-21(28)25-18-9-19(30-2)17(24)8-20(18)31-3)26-27-22(29)23-10-14-5-15(11-23)7-16(6-14)12-23/h8-9,14-16H,4-7,10-12H2,1-3H3,(H,25,28)(H,27,29)/b26-13-. The summed E-state index contributed by atoms with van der Waals surface area (Å²) in [5.41, 5.74) is 3.50. The van der Waals surface area contributed by atoms with Gasteiger partial charge in [0.05, 0.1) is 36.8 Å². The fourth-order valence-electron chi connectivity index (χ4n) is 6.08. The van der Waals surface area contributed by atoms with Gasteiger partial charge < -0.3 is 14.8 Å². The minimum absolute atomic E-state index is 0.0236. The van der Waals surface area contributed by atoms with Gasteiger partial charge in [0, 0.05) is 17.8 Å². The molecule has 0 radical (unpaired) electrons. The molecule has 168 valence electrons. The number of anilines is 1. The molecule has 4 saturated carbocycles. The Morgan fingerprint density at radius 2 is 1.65 bits per heavy atom. The third-order valence-corrected chi connectivity index (χ3v) is 7.33. The Kier molecular flexibility index (Phi) is 6.15. The summed E-state index contributed by atoms with van der Waals surface area (Å²) in [6, 6.07) is 3.20. The van der Waals surface area contributed by atoms with Gasteiger partial charge in [-0.05, 0) is 63.2 Å². The Bertz CT molecular complexity index is 879. The van der Waals surface area contributed by atoms with E-state index in [1.165, 1.54) is 33.5 Å². The van der Waals surface area contributed by atoms with Crippen molar-refractivity contribution in [2.75, 3.05) is 19.5 Å². The molecule has 2 amide bonds. The average molecular weight is 448 g/mol. The second-order valence-electron chi connectivity index (χ2n) is 9.40. The van der Waals surface area contributed by atoms with Crippen LogP contribution in [0.1, 0.15) is 51.9 Å². The van der Waals surface area contributed by atoms with Crippen LogP contribution in [-0.4, -0.2) is 31.7 Å². The van der Waals surface area contributed by atoms with E-state index in [4.69, 9.17) is 21.1 Å². The fraction of sp³-hybridized carbons (Fsp3) is 0.609. The highest BCUT2D eigenvalue weighted by molar-refractivity contribution is 6.32. The first-order chi connectivity index (χ1) is 14.8. The normalized spacial score (nSPS) is 28.9. The van der Waals surface area contributed by atoms with Gasteiger partial charge in [0.15, 0.2) is 0 Å². The van der Waals surface area contributed by atoms with Crippen LogP contribution in [0.4, 0.5) is 5.69 Å². The molecule has 0 saturated heterocycles. The van der Waals surface area contributed by atoms with E-state index >= 15 is 0 Å². The van der Waals surface area contributed by atoms with E-state index in [2.05, 4.69) is 15.8 Å². The molecule has 7 nitrogen and oxygen atoms in total. The van der Waals surface area contributed by atoms with Crippen LogP contribution in [0.25, 0.3) is 0 Å². The van der Waals surface area contributed by atoms with Crippen LogP contribution in [0.2, 0.25) is 5.02 Å². The molecule has 4 aliphatic carbocycles. The predicted molar refractivity (Wildman–Crippen MR) is 120 cm³/mol. The Labute approximate surface area is 187 Å². The maximum absolute atomic E-state index is 13.0. The fourth-order valence-corrected chi connectivity index (χ4v) is 6.31. The molecule has 8 heteroatoms. The first-order valence-corrected chi connectivity index (χ1v) is 11.2. The van der Waals surface area contributed by atoms with Crippen molar-refractivity contribution in [3.63, 3.8) is 0 Å². The summed E-state index contributed by atoms with van der Waals surface area (Å²) < 4.78 is 10.5.